The Morgan fingerprint density at radius 1 is 1.10 bits per heavy atom. The molecule has 0 spiro atoms. The lowest BCUT2D eigenvalue weighted by molar-refractivity contribution is -0.118. The average Bonchev–Trinajstić information content (AvgIpc) is 2.44. The second-order valence-corrected chi connectivity index (χ2v) is 4.53. The fraction of sp³-hybridized carbons (Fsp3) is 0.0667. The summed E-state index contributed by atoms with van der Waals surface area (Å²) in [5.74, 6) is -0.371. The van der Waals surface area contributed by atoms with Crippen LogP contribution in [0.4, 0.5) is 0 Å². The molecule has 0 aromatic heterocycles. The van der Waals surface area contributed by atoms with Crippen LogP contribution in [0.3, 0.4) is 0 Å². The van der Waals surface area contributed by atoms with Gasteiger partial charge in [-0.1, -0.05) is 23.7 Å². The Hall–Kier alpha value is -2.51. The predicted octanol–water partition coefficient (Wildman–Crippen LogP) is 3.22. The topological polar surface area (TPSA) is 76.1 Å². The summed E-state index contributed by atoms with van der Waals surface area (Å²) >= 11 is 5.79. The van der Waals surface area contributed by atoms with E-state index in [1.807, 2.05) is 6.07 Å². The molecule has 1 atom stereocenters. The van der Waals surface area contributed by atoms with E-state index in [0.29, 0.717) is 22.1 Å². The maximum Gasteiger partial charge on any atom is 0.239 e. The lowest BCUT2D eigenvalue weighted by Gasteiger charge is -2.08. The van der Waals surface area contributed by atoms with Gasteiger partial charge in [-0.15, -0.1) is 0 Å². The lowest BCUT2D eigenvalue weighted by Crippen LogP contribution is -2.19. The molecular weight excluding hydrogens is 276 g/mol. The van der Waals surface area contributed by atoms with Gasteiger partial charge in [0.15, 0.2) is 0 Å². The lowest BCUT2D eigenvalue weighted by atomic mass is 10.0. The highest BCUT2D eigenvalue weighted by molar-refractivity contribution is 6.30. The first kappa shape index (κ1) is 13.9. The zero-order valence-corrected chi connectivity index (χ0v) is 11.2. The fourth-order valence-electron chi connectivity index (χ4n) is 1.67. The third kappa shape index (κ3) is 3.28. The molecule has 0 saturated heterocycles. The zero-order chi connectivity index (χ0) is 14.5. The van der Waals surface area contributed by atoms with Crippen molar-refractivity contribution in [3.05, 3.63) is 59.1 Å². The number of nitriles is 1. The molecule has 4 nitrogen and oxygen atoms in total. The molecule has 0 aliphatic rings. The second-order valence-electron chi connectivity index (χ2n) is 4.09. The Morgan fingerprint density at radius 2 is 1.60 bits per heavy atom. The molecule has 5 heteroatoms. The van der Waals surface area contributed by atoms with E-state index < -0.39 is 11.8 Å². The van der Waals surface area contributed by atoms with E-state index in [1.165, 1.54) is 0 Å². The number of amides is 1. The van der Waals surface area contributed by atoms with Gasteiger partial charge in [0, 0.05) is 5.02 Å². The average molecular weight is 287 g/mol. The van der Waals surface area contributed by atoms with Crippen LogP contribution in [0.15, 0.2) is 48.5 Å². The smallest absolute Gasteiger partial charge is 0.239 e. The zero-order valence-electron chi connectivity index (χ0n) is 10.4. The van der Waals surface area contributed by atoms with Gasteiger partial charge in [0.1, 0.15) is 17.4 Å². The molecule has 0 aliphatic heterocycles. The number of hydrogen-bond acceptors (Lipinski definition) is 3. The van der Waals surface area contributed by atoms with Crippen molar-refractivity contribution in [3.63, 3.8) is 0 Å². The molecule has 0 bridgehead atoms. The number of nitrogens with zero attached hydrogens (tertiary/aromatic N) is 1. The van der Waals surface area contributed by atoms with Gasteiger partial charge in [-0.05, 0) is 42.0 Å². The summed E-state index contributed by atoms with van der Waals surface area (Å²) in [5, 5.41) is 9.52. The number of ether oxygens (including phenoxy) is 1. The van der Waals surface area contributed by atoms with E-state index in [9.17, 15) is 4.79 Å². The molecule has 0 fully saturated rings. The Morgan fingerprint density at radius 3 is 2.05 bits per heavy atom. The first-order valence-electron chi connectivity index (χ1n) is 5.82. The number of carbonyl (C=O) groups excluding carboxylic acids is 1. The highest BCUT2D eigenvalue weighted by Gasteiger charge is 2.16. The number of primary amides is 1. The Bertz CT molecular complexity index is 645. The molecule has 2 rings (SSSR count). The summed E-state index contributed by atoms with van der Waals surface area (Å²) in [4.78, 5) is 11.1. The minimum absolute atomic E-state index is 0.545. The van der Waals surface area contributed by atoms with Crippen molar-refractivity contribution >= 4 is 17.5 Å². The van der Waals surface area contributed by atoms with E-state index >= 15 is 0 Å². The van der Waals surface area contributed by atoms with E-state index in [1.54, 1.807) is 48.5 Å². The summed E-state index contributed by atoms with van der Waals surface area (Å²) in [5.41, 5.74) is 5.69. The van der Waals surface area contributed by atoms with Crippen LogP contribution < -0.4 is 10.5 Å². The van der Waals surface area contributed by atoms with Crippen LogP contribution >= 0.6 is 11.6 Å². The minimum atomic E-state index is -0.945. The minimum Gasteiger partial charge on any atom is -0.457 e. The summed E-state index contributed by atoms with van der Waals surface area (Å²) in [6.07, 6.45) is 0. The van der Waals surface area contributed by atoms with Crippen LogP contribution in [0.2, 0.25) is 5.02 Å². The number of hydrogen-bond donors (Lipinski definition) is 1. The van der Waals surface area contributed by atoms with Crippen molar-refractivity contribution in [2.75, 3.05) is 0 Å². The molecule has 100 valence electrons. The summed E-state index contributed by atoms with van der Waals surface area (Å²) in [6.45, 7) is 0. The second kappa shape index (κ2) is 6.09. The van der Waals surface area contributed by atoms with Crippen molar-refractivity contribution in [1.29, 1.82) is 5.26 Å². The molecule has 1 unspecified atom stereocenters. The van der Waals surface area contributed by atoms with Crippen LogP contribution in [0.25, 0.3) is 0 Å². The van der Waals surface area contributed by atoms with Crippen molar-refractivity contribution < 1.29 is 9.53 Å². The third-order valence-electron chi connectivity index (χ3n) is 2.68. The van der Waals surface area contributed by atoms with E-state index in [-0.39, 0.29) is 0 Å². The van der Waals surface area contributed by atoms with Gasteiger partial charge in [-0.2, -0.15) is 5.26 Å². The molecular formula is C15H11ClN2O2. The Balaban J connectivity index is 2.14. The largest absolute Gasteiger partial charge is 0.457 e. The summed E-state index contributed by atoms with van der Waals surface area (Å²) in [6, 6.07) is 15.5. The van der Waals surface area contributed by atoms with Gasteiger partial charge >= 0.3 is 0 Å². The summed E-state index contributed by atoms with van der Waals surface area (Å²) < 4.78 is 5.60. The van der Waals surface area contributed by atoms with Gasteiger partial charge in [0.2, 0.25) is 5.91 Å². The van der Waals surface area contributed by atoms with Crippen molar-refractivity contribution in [2.24, 2.45) is 5.73 Å². The maximum atomic E-state index is 11.1. The number of carbonyl (C=O) groups is 1. The molecule has 2 aromatic carbocycles. The van der Waals surface area contributed by atoms with Crippen LogP contribution in [0.1, 0.15) is 11.5 Å². The van der Waals surface area contributed by atoms with Crippen LogP contribution in [0.5, 0.6) is 11.5 Å². The van der Waals surface area contributed by atoms with Crippen LogP contribution in [-0.4, -0.2) is 5.91 Å². The molecule has 2 aromatic rings. The molecule has 0 aliphatic carbocycles. The van der Waals surface area contributed by atoms with E-state index in [4.69, 9.17) is 27.3 Å². The highest BCUT2D eigenvalue weighted by atomic mass is 35.5. The van der Waals surface area contributed by atoms with Crippen molar-refractivity contribution in [1.82, 2.24) is 0 Å². The first-order chi connectivity index (χ1) is 9.60. The van der Waals surface area contributed by atoms with Gasteiger partial charge in [-0.3, -0.25) is 4.79 Å². The Kier molecular flexibility index (Phi) is 4.24. The van der Waals surface area contributed by atoms with E-state index in [2.05, 4.69) is 0 Å². The molecule has 0 heterocycles. The molecule has 0 radical (unpaired) electrons. The normalized spacial score (nSPS) is 11.4. The third-order valence-corrected chi connectivity index (χ3v) is 2.93. The first-order valence-corrected chi connectivity index (χ1v) is 6.20. The quantitative estimate of drug-likeness (QED) is 0.937. The number of rotatable bonds is 4. The highest BCUT2D eigenvalue weighted by Crippen LogP contribution is 2.25. The number of halogens is 1. The van der Waals surface area contributed by atoms with E-state index in [0.717, 1.165) is 0 Å². The Labute approximate surface area is 121 Å². The van der Waals surface area contributed by atoms with Crippen LogP contribution in [-0.2, 0) is 4.79 Å². The molecule has 20 heavy (non-hydrogen) atoms. The fourth-order valence-corrected chi connectivity index (χ4v) is 1.80. The molecule has 2 N–H and O–H groups in total. The van der Waals surface area contributed by atoms with Crippen molar-refractivity contribution in [3.8, 4) is 17.6 Å². The molecule has 1 amide bonds. The van der Waals surface area contributed by atoms with Gasteiger partial charge < -0.3 is 10.5 Å². The van der Waals surface area contributed by atoms with Gasteiger partial charge in [-0.25, -0.2) is 0 Å². The number of benzene rings is 2. The van der Waals surface area contributed by atoms with Crippen LogP contribution in [0, 0.1) is 11.3 Å². The molecule has 0 saturated carbocycles. The monoisotopic (exact) mass is 286 g/mol. The SMILES string of the molecule is N#CC(C(N)=O)c1ccc(Oc2ccc(Cl)cc2)cc1. The predicted molar refractivity (Wildman–Crippen MR) is 75.5 cm³/mol. The maximum absolute atomic E-state index is 11.1. The van der Waals surface area contributed by atoms with Gasteiger partial charge in [0.05, 0.1) is 6.07 Å². The van der Waals surface area contributed by atoms with Gasteiger partial charge in [0.25, 0.3) is 0 Å². The number of nitrogens with two attached hydrogens (primary N) is 1. The van der Waals surface area contributed by atoms with Crippen molar-refractivity contribution in [2.45, 2.75) is 5.92 Å². The standard InChI is InChI=1S/C15H11ClN2O2/c16-11-3-7-13(8-4-11)20-12-5-1-10(2-6-12)14(9-17)15(18)19/h1-8,14H,(H2,18,19). The summed E-state index contributed by atoms with van der Waals surface area (Å²) in [7, 11) is 0.